The zero-order valence-electron chi connectivity index (χ0n) is 18.9. The van der Waals surface area contributed by atoms with E-state index >= 15 is 0 Å². The van der Waals surface area contributed by atoms with Gasteiger partial charge in [-0.05, 0) is 143 Å². The van der Waals surface area contributed by atoms with E-state index in [9.17, 15) is 9.90 Å². The van der Waals surface area contributed by atoms with Crippen LogP contribution in [-0.2, 0) is 4.74 Å². The van der Waals surface area contributed by atoms with Crippen molar-refractivity contribution in [1.82, 2.24) is 5.32 Å². The average molecular weight is 797 g/mol. The Morgan fingerprint density at radius 3 is 2.44 bits per heavy atom. The first kappa shape index (κ1) is 26.5. The van der Waals surface area contributed by atoms with E-state index in [0.717, 1.165) is 47.4 Å². The lowest BCUT2D eigenvalue weighted by atomic mass is 9.83. The van der Waals surface area contributed by atoms with Crippen LogP contribution >= 0.6 is 67.8 Å². The van der Waals surface area contributed by atoms with Crippen molar-refractivity contribution in [2.24, 2.45) is 5.92 Å². The summed E-state index contributed by atoms with van der Waals surface area (Å²) < 4.78 is 14.9. The van der Waals surface area contributed by atoms with Crippen LogP contribution in [0.1, 0.15) is 48.9 Å². The Morgan fingerprint density at radius 1 is 1.06 bits per heavy atom. The van der Waals surface area contributed by atoms with Crippen LogP contribution in [0.4, 0.5) is 0 Å². The highest BCUT2D eigenvalue weighted by Crippen LogP contribution is 2.37. The molecule has 0 spiro atoms. The Labute approximate surface area is 240 Å². The van der Waals surface area contributed by atoms with Crippen molar-refractivity contribution in [2.75, 3.05) is 13.1 Å². The lowest BCUT2D eigenvalue weighted by Crippen LogP contribution is -2.42. The standard InChI is InChI=1S/C26H26I3NO4/c1-26(2,15-9-11-30-12-10-15)34-25(32)19-7-8-22(18-6-4-3-5-17(18)19)33-24(31)20-13-16(27)14-21(28)23(20)29/h3-8,13-15,25,30,32H,9-12H2,1-2H3. The van der Waals surface area contributed by atoms with Crippen molar-refractivity contribution in [3.63, 3.8) is 0 Å². The third-order valence-electron chi connectivity index (χ3n) is 6.34. The van der Waals surface area contributed by atoms with Gasteiger partial charge in [-0.25, -0.2) is 4.79 Å². The lowest BCUT2D eigenvalue weighted by molar-refractivity contribution is -0.198. The van der Waals surface area contributed by atoms with Crippen LogP contribution < -0.4 is 10.1 Å². The average Bonchev–Trinajstić information content (AvgIpc) is 2.81. The summed E-state index contributed by atoms with van der Waals surface area (Å²) in [5.74, 6) is 0.426. The number of aliphatic hydroxyl groups excluding tert-OH is 1. The number of rotatable bonds is 6. The molecule has 1 heterocycles. The number of fused-ring (bicyclic) bond motifs is 1. The van der Waals surface area contributed by atoms with E-state index in [-0.39, 0.29) is 0 Å². The predicted octanol–water partition coefficient (Wildman–Crippen LogP) is 6.66. The number of ether oxygens (including phenoxy) is 2. The van der Waals surface area contributed by atoms with Gasteiger partial charge in [0.05, 0.1) is 11.2 Å². The number of carbonyl (C=O) groups excluding carboxylic acids is 1. The minimum Gasteiger partial charge on any atom is -0.422 e. The number of nitrogens with one attached hydrogen (secondary N) is 1. The third kappa shape index (κ3) is 5.88. The quantitative estimate of drug-likeness (QED) is 0.0962. The molecule has 4 rings (SSSR count). The van der Waals surface area contributed by atoms with Crippen LogP contribution in [0.5, 0.6) is 5.75 Å². The first-order valence-corrected chi connectivity index (χ1v) is 14.4. The van der Waals surface area contributed by atoms with Crippen molar-refractivity contribution in [3.05, 3.63) is 70.4 Å². The summed E-state index contributed by atoms with van der Waals surface area (Å²) >= 11 is 6.61. The summed E-state index contributed by atoms with van der Waals surface area (Å²) in [6, 6.07) is 15.0. The van der Waals surface area contributed by atoms with Gasteiger partial charge >= 0.3 is 5.97 Å². The number of hydrogen-bond donors (Lipinski definition) is 2. The molecule has 1 aliphatic rings. The topological polar surface area (TPSA) is 67.8 Å². The van der Waals surface area contributed by atoms with E-state index < -0.39 is 17.9 Å². The van der Waals surface area contributed by atoms with Gasteiger partial charge in [0.15, 0.2) is 6.29 Å². The molecule has 0 amide bonds. The van der Waals surface area contributed by atoms with Crippen LogP contribution in [0.2, 0.25) is 0 Å². The zero-order valence-corrected chi connectivity index (χ0v) is 25.4. The normalized spacial score (nSPS) is 15.9. The van der Waals surface area contributed by atoms with Crippen molar-refractivity contribution in [3.8, 4) is 5.75 Å². The second-order valence-electron chi connectivity index (χ2n) is 8.94. The molecule has 3 aromatic rings. The highest BCUT2D eigenvalue weighted by atomic mass is 127. The lowest BCUT2D eigenvalue weighted by Gasteiger charge is -2.38. The fourth-order valence-electron chi connectivity index (χ4n) is 4.42. The molecule has 3 aromatic carbocycles. The molecule has 8 heteroatoms. The van der Waals surface area contributed by atoms with Crippen LogP contribution in [0.25, 0.3) is 10.8 Å². The number of halogens is 3. The van der Waals surface area contributed by atoms with Gasteiger partial charge in [0, 0.05) is 21.7 Å². The first-order chi connectivity index (χ1) is 16.2. The minimum absolute atomic E-state index is 0.369. The van der Waals surface area contributed by atoms with E-state index in [0.29, 0.717) is 22.8 Å². The fourth-order valence-corrected chi connectivity index (χ4v) is 6.80. The van der Waals surface area contributed by atoms with Crippen LogP contribution in [0, 0.1) is 16.6 Å². The van der Waals surface area contributed by atoms with Gasteiger partial charge in [0.1, 0.15) is 5.75 Å². The molecule has 0 aromatic heterocycles. The number of piperidine rings is 1. The molecule has 0 radical (unpaired) electrons. The number of aliphatic hydroxyl groups is 1. The van der Waals surface area contributed by atoms with Crippen molar-refractivity contribution in [1.29, 1.82) is 0 Å². The molecule has 1 fully saturated rings. The van der Waals surface area contributed by atoms with Gasteiger partial charge in [-0.15, -0.1) is 0 Å². The molecular formula is C26H26I3NO4. The number of hydrogen-bond acceptors (Lipinski definition) is 5. The molecular weight excluding hydrogens is 771 g/mol. The van der Waals surface area contributed by atoms with Gasteiger partial charge in [0.25, 0.3) is 0 Å². The molecule has 34 heavy (non-hydrogen) atoms. The smallest absolute Gasteiger partial charge is 0.344 e. The first-order valence-electron chi connectivity index (χ1n) is 11.1. The summed E-state index contributed by atoms with van der Waals surface area (Å²) in [6.07, 6.45) is 0.953. The number of benzene rings is 3. The molecule has 5 nitrogen and oxygen atoms in total. The fraction of sp³-hybridized carbons (Fsp3) is 0.346. The predicted molar refractivity (Wildman–Crippen MR) is 159 cm³/mol. The molecule has 1 aliphatic heterocycles. The van der Waals surface area contributed by atoms with E-state index in [1.165, 1.54) is 0 Å². The van der Waals surface area contributed by atoms with Gasteiger partial charge in [-0.1, -0.05) is 24.3 Å². The van der Waals surface area contributed by atoms with Gasteiger partial charge in [-0.2, -0.15) is 0 Å². The third-order valence-corrected chi connectivity index (χ3v) is 10.0. The summed E-state index contributed by atoms with van der Waals surface area (Å²) in [5.41, 5.74) is 0.736. The molecule has 0 aliphatic carbocycles. The Hall–Kier alpha value is -0.540. The van der Waals surface area contributed by atoms with E-state index in [1.54, 1.807) is 12.1 Å². The SMILES string of the molecule is CC(C)(OC(O)c1ccc(OC(=O)c2cc(I)cc(I)c2I)c2ccccc12)C1CCNCC1. The van der Waals surface area contributed by atoms with Crippen molar-refractivity contribution in [2.45, 2.75) is 38.6 Å². The molecule has 2 N–H and O–H groups in total. The van der Waals surface area contributed by atoms with Gasteiger partial charge in [-0.3, -0.25) is 0 Å². The van der Waals surface area contributed by atoms with E-state index in [2.05, 4.69) is 86.9 Å². The van der Waals surface area contributed by atoms with Crippen LogP contribution in [0.15, 0.2) is 48.5 Å². The molecule has 1 atom stereocenters. The molecule has 180 valence electrons. The maximum Gasteiger partial charge on any atom is 0.344 e. The zero-order chi connectivity index (χ0) is 24.5. The maximum atomic E-state index is 13.1. The highest BCUT2D eigenvalue weighted by molar-refractivity contribution is 14.1. The van der Waals surface area contributed by atoms with Crippen molar-refractivity contribution < 1.29 is 19.4 Å². The maximum absolute atomic E-state index is 13.1. The Kier molecular flexibility index (Phi) is 8.77. The number of esters is 1. The minimum atomic E-state index is -1.09. The van der Waals surface area contributed by atoms with Crippen LogP contribution in [0.3, 0.4) is 0 Å². The Bertz CT molecular complexity index is 1210. The van der Waals surface area contributed by atoms with Gasteiger partial charge in [0.2, 0.25) is 0 Å². The molecule has 0 saturated carbocycles. The second kappa shape index (κ2) is 11.2. The van der Waals surface area contributed by atoms with Gasteiger partial charge < -0.3 is 19.9 Å². The summed E-state index contributed by atoms with van der Waals surface area (Å²) in [4.78, 5) is 13.1. The van der Waals surface area contributed by atoms with Crippen molar-refractivity contribution >= 4 is 84.5 Å². The summed E-state index contributed by atoms with van der Waals surface area (Å²) in [7, 11) is 0. The summed E-state index contributed by atoms with van der Waals surface area (Å²) in [6.45, 7) is 6.04. The largest absolute Gasteiger partial charge is 0.422 e. The Balaban J connectivity index is 1.62. The molecule has 1 unspecified atom stereocenters. The highest BCUT2D eigenvalue weighted by Gasteiger charge is 2.34. The van der Waals surface area contributed by atoms with E-state index in [4.69, 9.17) is 9.47 Å². The second-order valence-corrected chi connectivity index (χ2v) is 12.4. The Morgan fingerprint density at radius 2 is 1.74 bits per heavy atom. The van der Waals surface area contributed by atoms with E-state index in [1.807, 2.05) is 36.4 Å². The van der Waals surface area contributed by atoms with Crippen LogP contribution in [-0.4, -0.2) is 29.8 Å². The number of carbonyl (C=O) groups is 1. The molecule has 0 bridgehead atoms. The molecule has 1 saturated heterocycles. The summed E-state index contributed by atoms with van der Waals surface area (Å²) in [5, 5.41) is 16.0. The monoisotopic (exact) mass is 797 g/mol.